The molecule has 6 nitrogen and oxygen atoms in total. The van der Waals surface area contributed by atoms with Gasteiger partial charge in [0.25, 0.3) is 0 Å². The molecule has 0 radical (unpaired) electrons. The van der Waals surface area contributed by atoms with Crippen molar-refractivity contribution >= 4 is 0 Å². The Labute approximate surface area is 129 Å². The molecule has 3 aromatic heterocycles. The monoisotopic (exact) mass is 296 g/mol. The van der Waals surface area contributed by atoms with E-state index in [4.69, 9.17) is 0 Å². The van der Waals surface area contributed by atoms with Gasteiger partial charge in [0.2, 0.25) is 0 Å². The number of aryl methyl sites for hydroxylation is 2. The molecule has 3 rings (SSSR count). The molecule has 0 aliphatic carbocycles. The van der Waals surface area contributed by atoms with E-state index in [-0.39, 0.29) is 0 Å². The number of rotatable bonds is 5. The maximum atomic E-state index is 4.49. The van der Waals surface area contributed by atoms with E-state index in [1.54, 1.807) is 17.2 Å². The first-order chi connectivity index (χ1) is 10.6. The molecule has 0 amide bonds. The summed E-state index contributed by atoms with van der Waals surface area (Å²) in [6, 6.07) is 2.03. The van der Waals surface area contributed by atoms with Gasteiger partial charge in [-0.05, 0) is 30.9 Å². The van der Waals surface area contributed by atoms with Gasteiger partial charge >= 0.3 is 0 Å². The fourth-order valence-electron chi connectivity index (χ4n) is 2.32. The quantitative estimate of drug-likeness (QED) is 0.726. The average molecular weight is 296 g/mol. The van der Waals surface area contributed by atoms with Crippen LogP contribution in [-0.4, -0.2) is 29.5 Å². The predicted molar refractivity (Wildman–Crippen MR) is 84.6 cm³/mol. The molecule has 0 saturated carbocycles. The van der Waals surface area contributed by atoms with E-state index in [0.29, 0.717) is 5.92 Å². The molecule has 0 unspecified atom stereocenters. The minimum Gasteiger partial charge on any atom is -0.272 e. The first kappa shape index (κ1) is 14.4. The third-order valence-electron chi connectivity index (χ3n) is 3.66. The van der Waals surface area contributed by atoms with Crippen LogP contribution in [0, 0.1) is 12.8 Å². The standard InChI is InChI=1S/C16H20N6/c1-12(2)4-5-22-9-14(7-20-22)15-8-17-16(6-13(15)3)21-10-18-19-11-21/h6-12H,4-5H2,1-3H3. The molecule has 0 atom stereocenters. The summed E-state index contributed by atoms with van der Waals surface area (Å²) < 4.78 is 3.80. The van der Waals surface area contributed by atoms with Crippen LogP contribution in [0.3, 0.4) is 0 Å². The Morgan fingerprint density at radius 2 is 1.91 bits per heavy atom. The Kier molecular flexibility index (Phi) is 4.00. The van der Waals surface area contributed by atoms with E-state index in [9.17, 15) is 0 Å². The summed E-state index contributed by atoms with van der Waals surface area (Å²) in [7, 11) is 0. The highest BCUT2D eigenvalue weighted by molar-refractivity contribution is 5.65. The molecule has 3 heterocycles. The van der Waals surface area contributed by atoms with Gasteiger partial charge in [-0.3, -0.25) is 9.25 Å². The molecule has 0 spiro atoms. The van der Waals surface area contributed by atoms with E-state index in [1.807, 2.05) is 23.1 Å². The lowest BCUT2D eigenvalue weighted by atomic mass is 10.1. The molecule has 0 aromatic carbocycles. The van der Waals surface area contributed by atoms with Crippen LogP contribution < -0.4 is 0 Å². The highest BCUT2D eigenvalue weighted by Crippen LogP contribution is 2.23. The van der Waals surface area contributed by atoms with Gasteiger partial charge in [0, 0.05) is 30.1 Å². The lowest BCUT2D eigenvalue weighted by molar-refractivity contribution is 0.487. The molecular formula is C16H20N6. The Hall–Kier alpha value is -2.50. The SMILES string of the molecule is Cc1cc(-n2cnnc2)ncc1-c1cnn(CCC(C)C)c1. The molecule has 22 heavy (non-hydrogen) atoms. The molecule has 114 valence electrons. The zero-order chi connectivity index (χ0) is 15.5. The van der Waals surface area contributed by atoms with Crippen LogP contribution in [0.4, 0.5) is 0 Å². The number of hydrogen-bond donors (Lipinski definition) is 0. The average Bonchev–Trinajstić information content (AvgIpc) is 3.16. The molecule has 0 saturated heterocycles. The van der Waals surface area contributed by atoms with Crippen molar-refractivity contribution in [2.24, 2.45) is 5.92 Å². The van der Waals surface area contributed by atoms with Crippen molar-refractivity contribution in [2.45, 2.75) is 33.7 Å². The van der Waals surface area contributed by atoms with E-state index in [2.05, 4.69) is 47.2 Å². The molecule has 0 N–H and O–H groups in total. The van der Waals surface area contributed by atoms with Crippen molar-refractivity contribution in [3.63, 3.8) is 0 Å². The third-order valence-corrected chi connectivity index (χ3v) is 3.66. The fraction of sp³-hybridized carbons (Fsp3) is 0.375. The number of pyridine rings is 1. The zero-order valence-corrected chi connectivity index (χ0v) is 13.1. The van der Waals surface area contributed by atoms with Crippen LogP contribution >= 0.6 is 0 Å². The van der Waals surface area contributed by atoms with Gasteiger partial charge in [-0.2, -0.15) is 5.10 Å². The summed E-state index contributed by atoms with van der Waals surface area (Å²) in [6.45, 7) is 7.48. The van der Waals surface area contributed by atoms with Crippen molar-refractivity contribution in [2.75, 3.05) is 0 Å². The summed E-state index contributed by atoms with van der Waals surface area (Å²) in [5.74, 6) is 1.50. The van der Waals surface area contributed by atoms with Crippen LogP contribution in [0.2, 0.25) is 0 Å². The van der Waals surface area contributed by atoms with Crippen molar-refractivity contribution in [3.05, 3.63) is 42.9 Å². The largest absolute Gasteiger partial charge is 0.272 e. The normalized spacial score (nSPS) is 11.3. The van der Waals surface area contributed by atoms with Gasteiger partial charge in [-0.25, -0.2) is 4.98 Å². The van der Waals surface area contributed by atoms with Crippen LogP contribution in [0.1, 0.15) is 25.8 Å². The molecule has 3 aromatic rings. The molecule has 0 fully saturated rings. The molecular weight excluding hydrogens is 276 g/mol. The van der Waals surface area contributed by atoms with E-state index in [0.717, 1.165) is 35.5 Å². The number of nitrogens with zero attached hydrogens (tertiary/aromatic N) is 6. The summed E-state index contributed by atoms with van der Waals surface area (Å²) >= 11 is 0. The molecule has 0 aliphatic heterocycles. The van der Waals surface area contributed by atoms with Crippen LogP contribution in [0.15, 0.2) is 37.3 Å². The van der Waals surface area contributed by atoms with Crippen LogP contribution in [0.5, 0.6) is 0 Å². The first-order valence-corrected chi connectivity index (χ1v) is 7.48. The fourth-order valence-corrected chi connectivity index (χ4v) is 2.32. The van der Waals surface area contributed by atoms with Crippen molar-refractivity contribution in [1.82, 2.24) is 29.5 Å². The second-order valence-corrected chi connectivity index (χ2v) is 5.90. The Morgan fingerprint density at radius 3 is 2.59 bits per heavy atom. The maximum Gasteiger partial charge on any atom is 0.139 e. The third kappa shape index (κ3) is 3.05. The topological polar surface area (TPSA) is 61.4 Å². The van der Waals surface area contributed by atoms with Crippen LogP contribution in [-0.2, 0) is 6.54 Å². The highest BCUT2D eigenvalue weighted by atomic mass is 15.3. The van der Waals surface area contributed by atoms with Gasteiger partial charge < -0.3 is 0 Å². The smallest absolute Gasteiger partial charge is 0.139 e. The van der Waals surface area contributed by atoms with Crippen molar-refractivity contribution in [1.29, 1.82) is 0 Å². The van der Waals surface area contributed by atoms with E-state index >= 15 is 0 Å². The van der Waals surface area contributed by atoms with Gasteiger partial charge in [0.1, 0.15) is 18.5 Å². The summed E-state index contributed by atoms with van der Waals surface area (Å²) in [6.07, 6.45) is 10.3. The molecule has 6 heteroatoms. The maximum absolute atomic E-state index is 4.49. The Bertz CT molecular complexity index is 742. The molecule has 0 aliphatic rings. The predicted octanol–water partition coefficient (Wildman–Crippen LogP) is 2.88. The lowest BCUT2D eigenvalue weighted by Gasteiger charge is -2.06. The number of hydrogen-bond acceptors (Lipinski definition) is 4. The van der Waals surface area contributed by atoms with E-state index in [1.165, 1.54) is 0 Å². The van der Waals surface area contributed by atoms with Gasteiger partial charge in [-0.1, -0.05) is 13.8 Å². The van der Waals surface area contributed by atoms with Crippen molar-refractivity contribution in [3.8, 4) is 16.9 Å². The van der Waals surface area contributed by atoms with Gasteiger partial charge in [0.05, 0.1) is 6.20 Å². The molecule has 0 bridgehead atoms. The van der Waals surface area contributed by atoms with Gasteiger partial charge in [-0.15, -0.1) is 10.2 Å². The second-order valence-electron chi connectivity index (χ2n) is 5.90. The Morgan fingerprint density at radius 1 is 1.14 bits per heavy atom. The minimum atomic E-state index is 0.680. The number of aromatic nitrogens is 6. The van der Waals surface area contributed by atoms with Crippen LogP contribution in [0.25, 0.3) is 16.9 Å². The lowest BCUT2D eigenvalue weighted by Crippen LogP contribution is -2.01. The highest BCUT2D eigenvalue weighted by Gasteiger charge is 2.08. The zero-order valence-electron chi connectivity index (χ0n) is 13.1. The minimum absolute atomic E-state index is 0.680. The Balaban J connectivity index is 1.83. The summed E-state index contributed by atoms with van der Waals surface area (Å²) in [4.78, 5) is 4.49. The first-order valence-electron chi connectivity index (χ1n) is 7.48. The van der Waals surface area contributed by atoms with Crippen molar-refractivity contribution < 1.29 is 0 Å². The van der Waals surface area contributed by atoms with Gasteiger partial charge in [0.15, 0.2) is 0 Å². The summed E-state index contributed by atoms with van der Waals surface area (Å²) in [5, 5.41) is 12.1. The summed E-state index contributed by atoms with van der Waals surface area (Å²) in [5.41, 5.74) is 3.36. The van der Waals surface area contributed by atoms with E-state index < -0.39 is 0 Å². The second kappa shape index (κ2) is 6.09.